The van der Waals surface area contributed by atoms with Crippen molar-refractivity contribution in [2.45, 2.75) is 19.3 Å². The Kier molecular flexibility index (Phi) is 2.15. The Hall–Kier alpha value is -1.51. The van der Waals surface area contributed by atoms with Gasteiger partial charge in [0, 0.05) is 37.8 Å². The van der Waals surface area contributed by atoms with Crippen molar-refractivity contribution in [3.05, 3.63) is 29.8 Å². The van der Waals surface area contributed by atoms with Gasteiger partial charge in [-0.15, -0.1) is 0 Å². The van der Waals surface area contributed by atoms with Gasteiger partial charge in [-0.3, -0.25) is 4.79 Å². The number of carbonyl (C=O) groups is 1. The number of ketones is 1. The van der Waals surface area contributed by atoms with E-state index in [1.165, 1.54) is 0 Å². The molecule has 1 aromatic heterocycles. The summed E-state index contributed by atoms with van der Waals surface area (Å²) < 4.78 is 1.87. The van der Waals surface area contributed by atoms with Crippen LogP contribution >= 0.6 is 0 Å². The SMILES string of the molecule is Cn1ccc(C2=C(O)CCCC2=O)c1. The third-order valence-electron chi connectivity index (χ3n) is 2.51. The Balaban J connectivity index is 2.45. The minimum absolute atomic E-state index is 0.0555. The van der Waals surface area contributed by atoms with E-state index in [4.69, 9.17) is 0 Å². The molecule has 0 saturated carbocycles. The van der Waals surface area contributed by atoms with Gasteiger partial charge in [-0.05, 0) is 12.5 Å². The van der Waals surface area contributed by atoms with Crippen LogP contribution in [0.25, 0.3) is 5.57 Å². The van der Waals surface area contributed by atoms with Gasteiger partial charge in [-0.1, -0.05) is 0 Å². The van der Waals surface area contributed by atoms with Gasteiger partial charge in [0.05, 0.1) is 5.57 Å². The van der Waals surface area contributed by atoms with Crippen LogP contribution in [0.2, 0.25) is 0 Å². The molecule has 3 nitrogen and oxygen atoms in total. The molecule has 1 N–H and O–H groups in total. The Morgan fingerprint density at radius 1 is 1.43 bits per heavy atom. The number of aryl methyl sites for hydroxylation is 1. The van der Waals surface area contributed by atoms with Crippen LogP contribution in [0.3, 0.4) is 0 Å². The number of hydrogen-bond acceptors (Lipinski definition) is 2. The molecule has 1 aliphatic carbocycles. The summed E-state index contributed by atoms with van der Waals surface area (Å²) in [7, 11) is 1.90. The zero-order valence-corrected chi connectivity index (χ0v) is 8.16. The van der Waals surface area contributed by atoms with Gasteiger partial charge in [0.1, 0.15) is 5.76 Å². The van der Waals surface area contributed by atoms with Crippen LogP contribution in [0.15, 0.2) is 24.2 Å². The first-order chi connectivity index (χ1) is 6.68. The van der Waals surface area contributed by atoms with Crippen LogP contribution < -0.4 is 0 Å². The molecule has 2 rings (SSSR count). The third kappa shape index (κ3) is 1.45. The van der Waals surface area contributed by atoms with E-state index in [0.29, 0.717) is 18.4 Å². The summed E-state index contributed by atoms with van der Waals surface area (Å²) in [4.78, 5) is 11.6. The topological polar surface area (TPSA) is 42.2 Å². The average Bonchev–Trinajstić information content (AvgIpc) is 2.51. The molecule has 0 amide bonds. The largest absolute Gasteiger partial charge is 0.512 e. The first-order valence-electron chi connectivity index (χ1n) is 4.76. The number of Topliss-reactive ketones (excluding diaryl/α,β-unsaturated/α-hetero) is 1. The second-order valence-corrected chi connectivity index (χ2v) is 3.66. The van der Waals surface area contributed by atoms with Crippen molar-refractivity contribution < 1.29 is 9.90 Å². The first-order valence-corrected chi connectivity index (χ1v) is 4.76. The predicted molar refractivity (Wildman–Crippen MR) is 53.8 cm³/mol. The van der Waals surface area contributed by atoms with Crippen LogP contribution in [0.1, 0.15) is 24.8 Å². The van der Waals surface area contributed by atoms with E-state index >= 15 is 0 Å². The molecule has 14 heavy (non-hydrogen) atoms. The van der Waals surface area contributed by atoms with Crippen LogP contribution in [0.5, 0.6) is 0 Å². The van der Waals surface area contributed by atoms with E-state index in [0.717, 1.165) is 12.0 Å². The lowest BCUT2D eigenvalue weighted by atomic mass is 9.92. The van der Waals surface area contributed by atoms with Crippen LogP contribution in [0, 0.1) is 0 Å². The van der Waals surface area contributed by atoms with Gasteiger partial charge in [0.2, 0.25) is 0 Å². The fraction of sp³-hybridized carbons (Fsp3) is 0.364. The zero-order chi connectivity index (χ0) is 10.1. The number of allylic oxidation sites excluding steroid dienone is 2. The number of carbonyl (C=O) groups excluding carboxylic acids is 1. The van der Waals surface area contributed by atoms with Gasteiger partial charge >= 0.3 is 0 Å². The van der Waals surface area contributed by atoms with Gasteiger partial charge in [-0.25, -0.2) is 0 Å². The lowest BCUT2D eigenvalue weighted by molar-refractivity contribution is -0.114. The van der Waals surface area contributed by atoms with Crippen LogP contribution in [-0.4, -0.2) is 15.5 Å². The molecule has 1 heterocycles. The van der Waals surface area contributed by atoms with Crippen LogP contribution in [-0.2, 0) is 11.8 Å². The van der Waals surface area contributed by atoms with Gasteiger partial charge in [0.25, 0.3) is 0 Å². The van der Waals surface area contributed by atoms with Crippen molar-refractivity contribution in [1.82, 2.24) is 4.57 Å². The lowest BCUT2D eigenvalue weighted by Crippen LogP contribution is -2.10. The Morgan fingerprint density at radius 2 is 2.21 bits per heavy atom. The molecular formula is C11H13NO2. The smallest absolute Gasteiger partial charge is 0.166 e. The maximum Gasteiger partial charge on any atom is 0.166 e. The van der Waals surface area contributed by atoms with Crippen molar-refractivity contribution in [2.75, 3.05) is 0 Å². The van der Waals surface area contributed by atoms with E-state index in [1.807, 2.05) is 30.1 Å². The molecule has 3 heteroatoms. The van der Waals surface area contributed by atoms with Gasteiger partial charge in [-0.2, -0.15) is 0 Å². The standard InChI is InChI=1S/C11H13NO2/c1-12-6-5-8(7-12)11-9(13)3-2-4-10(11)14/h5-7,13H,2-4H2,1H3. The molecule has 0 unspecified atom stereocenters. The monoisotopic (exact) mass is 191 g/mol. The summed E-state index contributed by atoms with van der Waals surface area (Å²) in [5, 5.41) is 9.65. The Bertz CT molecular complexity index is 401. The highest BCUT2D eigenvalue weighted by molar-refractivity contribution is 6.21. The molecule has 0 bridgehead atoms. The Morgan fingerprint density at radius 3 is 2.79 bits per heavy atom. The van der Waals surface area contributed by atoms with Crippen molar-refractivity contribution in [2.24, 2.45) is 7.05 Å². The van der Waals surface area contributed by atoms with E-state index in [-0.39, 0.29) is 11.5 Å². The maximum absolute atomic E-state index is 11.6. The summed E-state index contributed by atoms with van der Waals surface area (Å²) in [6, 6.07) is 1.86. The summed E-state index contributed by atoms with van der Waals surface area (Å²) in [6.45, 7) is 0. The van der Waals surface area contributed by atoms with E-state index in [1.54, 1.807) is 0 Å². The zero-order valence-electron chi connectivity index (χ0n) is 8.16. The molecular weight excluding hydrogens is 178 g/mol. The number of nitrogens with zero attached hydrogens (tertiary/aromatic N) is 1. The van der Waals surface area contributed by atoms with E-state index in [9.17, 15) is 9.90 Å². The highest BCUT2D eigenvalue weighted by Gasteiger charge is 2.21. The summed E-state index contributed by atoms with van der Waals surface area (Å²) in [5.41, 5.74) is 1.34. The summed E-state index contributed by atoms with van der Waals surface area (Å²) >= 11 is 0. The quantitative estimate of drug-likeness (QED) is 0.738. The molecule has 0 aliphatic heterocycles. The van der Waals surface area contributed by atoms with Crippen LogP contribution in [0.4, 0.5) is 0 Å². The fourth-order valence-corrected chi connectivity index (χ4v) is 1.81. The summed E-state index contributed by atoms with van der Waals surface area (Å²) in [6.07, 6.45) is 5.66. The first kappa shape index (κ1) is 9.06. The number of aromatic nitrogens is 1. The second kappa shape index (κ2) is 3.33. The summed E-state index contributed by atoms with van der Waals surface area (Å²) in [5.74, 6) is 0.299. The van der Waals surface area contributed by atoms with Crippen molar-refractivity contribution in [3.63, 3.8) is 0 Å². The molecule has 74 valence electrons. The normalized spacial score (nSPS) is 17.6. The van der Waals surface area contributed by atoms with Crippen molar-refractivity contribution in [3.8, 4) is 0 Å². The highest BCUT2D eigenvalue weighted by atomic mass is 16.3. The van der Waals surface area contributed by atoms with Gasteiger partial charge < -0.3 is 9.67 Å². The van der Waals surface area contributed by atoms with E-state index < -0.39 is 0 Å². The lowest BCUT2D eigenvalue weighted by Gasteiger charge is -2.13. The van der Waals surface area contributed by atoms with Crippen molar-refractivity contribution >= 4 is 11.4 Å². The fourth-order valence-electron chi connectivity index (χ4n) is 1.81. The maximum atomic E-state index is 11.6. The molecule has 0 atom stereocenters. The Labute approximate surface area is 82.7 Å². The predicted octanol–water partition coefficient (Wildman–Crippen LogP) is 2.05. The average molecular weight is 191 g/mol. The van der Waals surface area contributed by atoms with E-state index in [2.05, 4.69) is 0 Å². The van der Waals surface area contributed by atoms with Gasteiger partial charge in [0.15, 0.2) is 5.78 Å². The van der Waals surface area contributed by atoms with Crippen molar-refractivity contribution in [1.29, 1.82) is 0 Å². The molecule has 0 radical (unpaired) electrons. The number of aliphatic hydroxyl groups excluding tert-OH is 1. The highest BCUT2D eigenvalue weighted by Crippen LogP contribution is 2.28. The second-order valence-electron chi connectivity index (χ2n) is 3.66. The molecule has 0 fully saturated rings. The third-order valence-corrected chi connectivity index (χ3v) is 2.51. The molecule has 0 spiro atoms. The number of rotatable bonds is 1. The molecule has 0 saturated heterocycles. The minimum atomic E-state index is 0.0555. The molecule has 1 aromatic rings. The number of hydrogen-bond donors (Lipinski definition) is 1. The minimum Gasteiger partial charge on any atom is -0.512 e. The molecule has 1 aliphatic rings. The molecule has 0 aromatic carbocycles. The number of aliphatic hydroxyl groups is 1.